The van der Waals surface area contributed by atoms with Crippen LogP contribution in [0.25, 0.3) is 0 Å². The number of hydrogen-bond acceptors (Lipinski definition) is 2. The van der Waals surface area contributed by atoms with E-state index in [9.17, 15) is 4.79 Å². The maximum Gasteiger partial charge on any atom is 0.175 e. The molecule has 0 aliphatic carbocycles. The summed E-state index contributed by atoms with van der Waals surface area (Å²) in [6.45, 7) is 2.85. The lowest BCUT2D eigenvalue weighted by Crippen LogP contribution is -2.30. The lowest BCUT2D eigenvalue weighted by Gasteiger charge is -2.12. The van der Waals surface area contributed by atoms with Gasteiger partial charge in [-0.3, -0.25) is 4.79 Å². The summed E-state index contributed by atoms with van der Waals surface area (Å²) in [7, 11) is 0. The number of aliphatic hydroxyl groups is 1. The molecule has 9 heavy (non-hydrogen) atoms. The normalized spacial score (nSPS) is 10.4. The maximum atomic E-state index is 10.7. The van der Waals surface area contributed by atoms with Gasteiger partial charge in [0.1, 0.15) is 5.60 Å². The van der Waals surface area contributed by atoms with E-state index in [4.69, 9.17) is 11.5 Å². The summed E-state index contributed by atoms with van der Waals surface area (Å²) in [5.74, 6) is 1.85. The summed E-state index contributed by atoms with van der Waals surface area (Å²) in [5.41, 5.74) is -1.27. The molecule has 1 N–H and O–H groups in total. The first-order chi connectivity index (χ1) is 3.98. The van der Waals surface area contributed by atoms with Crippen molar-refractivity contribution in [3.63, 3.8) is 0 Å². The van der Waals surface area contributed by atoms with Crippen LogP contribution in [0.15, 0.2) is 0 Å². The van der Waals surface area contributed by atoms with Crippen LogP contribution in [0, 0.1) is 12.3 Å². The van der Waals surface area contributed by atoms with Gasteiger partial charge in [-0.1, -0.05) is 5.92 Å². The molecule has 0 aliphatic rings. The van der Waals surface area contributed by atoms with Gasteiger partial charge in [0.2, 0.25) is 0 Å². The zero-order chi connectivity index (χ0) is 7.49. The van der Waals surface area contributed by atoms with Gasteiger partial charge < -0.3 is 5.11 Å². The van der Waals surface area contributed by atoms with Crippen molar-refractivity contribution in [2.45, 2.75) is 25.9 Å². The van der Waals surface area contributed by atoms with E-state index in [0.29, 0.717) is 0 Å². The van der Waals surface area contributed by atoms with Crippen LogP contribution in [0.4, 0.5) is 0 Å². The molecule has 0 rings (SSSR count). The molecule has 0 bridgehead atoms. The second-order valence-electron chi connectivity index (χ2n) is 2.36. The second-order valence-corrected chi connectivity index (χ2v) is 2.36. The molecule has 0 aromatic heterocycles. The Balaban J connectivity index is 3.93. The SMILES string of the molecule is C#CCC(=O)C(C)(C)O. The van der Waals surface area contributed by atoms with Crippen molar-refractivity contribution < 1.29 is 9.90 Å². The topological polar surface area (TPSA) is 37.3 Å². The quantitative estimate of drug-likeness (QED) is 0.542. The third-order valence-corrected chi connectivity index (χ3v) is 0.945. The third kappa shape index (κ3) is 2.89. The molecule has 0 aliphatic heterocycles. The Morgan fingerprint density at radius 1 is 1.78 bits per heavy atom. The fourth-order valence-corrected chi connectivity index (χ4v) is 0.309. The molecular formula is C7H10O2. The highest BCUT2D eigenvalue weighted by molar-refractivity contribution is 5.87. The molecule has 0 aromatic carbocycles. The molecule has 0 fully saturated rings. The van der Waals surface area contributed by atoms with Crippen molar-refractivity contribution >= 4 is 5.78 Å². The van der Waals surface area contributed by atoms with Crippen LogP contribution in [0.5, 0.6) is 0 Å². The third-order valence-electron chi connectivity index (χ3n) is 0.945. The van der Waals surface area contributed by atoms with Crippen LogP contribution in [0.1, 0.15) is 20.3 Å². The zero-order valence-electron chi connectivity index (χ0n) is 5.64. The summed E-state index contributed by atoms with van der Waals surface area (Å²) in [5, 5.41) is 8.97. The van der Waals surface area contributed by atoms with E-state index in [1.165, 1.54) is 13.8 Å². The van der Waals surface area contributed by atoms with E-state index in [1.807, 2.05) is 0 Å². The van der Waals surface area contributed by atoms with Crippen LogP contribution in [-0.2, 0) is 4.79 Å². The lowest BCUT2D eigenvalue weighted by atomic mass is 10.0. The number of carbonyl (C=O) groups excluding carboxylic acids is 1. The summed E-state index contributed by atoms with van der Waals surface area (Å²) in [6.07, 6.45) is 4.85. The molecule has 50 valence electrons. The van der Waals surface area contributed by atoms with E-state index < -0.39 is 5.60 Å². The molecule has 0 amide bonds. The summed E-state index contributed by atoms with van der Waals surface area (Å²) in [6, 6.07) is 0. The van der Waals surface area contributed by atoms with Crippen molar-refractivity contribution in [1.82, 2.24) is 0 Å². The molecule has 0 radical (unpaired) electrons. The molecule has 0 heterocycles. The molecule has 0 aromatic rings. The molecule has 2 heteroatoms. The predicted molar refractivity (Wildman–Crippen MR) is 34.8 cm³/mol. The number of Topliss-reactive ketones (excluding diaryl/α,β-unsaturated/α-hetero) is 1. The Kier molecular flexibility index (Phi) is 2.41. The first kappa shape index (κ1) is 8.19. The van der Waals surface area contributed by atoms with Crippen LogP contribution >= 0.6 is 0 Å². The van der Waals surface area contributed by atoms with Gasteiger partial charge in [-0.25, -0.2) is 0 Å². The van der Waals surface area contributed by atoms with Crippen molar-refractivity contribution in [2.75, 3.05) is 0 Å². The monoisotopic (exact) mass is 126 g/mol. The van der Waals surface area contributed by atoms with Gasteiger partial charge in [0.25, 0.3) is 0 Å². The van der Waals surface area contributed by atoms with E-state index in [1.54, 1.807) is 0 Å². The fraction of sp³-hybridized carbons (Fsp3) is 0.571. The first-order valence-corrected chi connectivity index (χ1v) is 2.67. The van der Waals surface area contributed by atoms with Crippen LogP contribution in [-0.4, -0.2) is 16.5 Å². The minimum Gasteiger partial charge on any atom is -0.383 e. The van der Waals surface area contributed by atoms with Crippen molar-refractivity contribution in [3.05, 3.63) is 0 Å². The Bertz CT molecular complexity index is 145. The van der Waals surface area contributed by atoms with E-state index in [2.05, 4.69) is 5.92 Å². The Hall–Kier alpha value is -0.810. The van der Waals surface area contributed by atoms with Gasteiger partial charge in [-0.2, -0.15) is 0 Å². The molecule has 0 atom stereocenters. The van der Waals surface area contributed by atoms with Crippen molar-refractivity contribution in [3.8, 4) is 12.3 Å². The van der Waals surface area contributed by atoms with Crippen LogP contribution in [0.2, 0.25) is 0 Å². The smallest absolute Gasteiger partial charge is 0.175 e. The van der Waals surface area contributed by atoms with E-state index in [0.717, 1.165) is 0 Å². The summed E-state index contributed by atoms with van der Waals surface area (Å²) in [4.78, 5) is 10.7. The Labute approximate surface area is 54.9 Å². The largest absolute Gasteiger partial charge is 0.383 e. The summed E-state index contributed by atoms with van der Waals surface area (Å²) >= 11 is 0. The molecule has 0 saturated carbocycles. The predicted octanol–water partition coefficient (Wildman–Crippen LogP) is 0.350. The highest BCUT2D eigenvalue weighted by Crippen LogP contribution is 2.04. The van der Waals surface area contributed by atoms with E-state index >= 15 is 0 Å². The van der Waals surface area contributed by atoms with Gasteiger partial charge in [0.05, 0.1) is 6.42 Å². The minimum atomic E-state index is -1.27. The number of ketones is 1. The average molecular weight is 126 g/mol. The number of rotatable bonds is 2. The Morgan fingerprint density at radius 3 is 2.33 bits per heavy atom. The van der Waals surface area contributed by atoms with E-state index in [-0.39, 0.29) is 12.2 Å². The fourth-order valence-electron chi connectivity index (χ4n) is 0.309. The molecular weight excluding hydrogens is 116 g/mol. The minimum absolute atomic E-state index is 0.00347. The molecule has 0 saturated heterocycles. The molecule has 0 spiro atoms. The summed E-state index contributed by atoms with van der Waals surface area (Å²) < 4.78 is 0. The molecule has 2 nitrogen and oxygen atoms in total. The Morgan fingerprint density at radius 2 is 2.22 bits per heavy atom. The maximum absolute atomic E-state index is 10.7. The van der Waals surface area contributed by atoms with Gasteiger partial charge in [-0.15, -0.1) is 6.42 Å². The highest BCUT2D eigenvalue weighted by atomic mass is 16.3. The number of hydrogen-bond donors (Lipinski definition) is 1. The average Bonchev–Trinajstić information content (AvgIpc) is 1.64. The highest BCUT2D eigenvalue weighted by Gasteiger charge is 2.21. The van der Waals surface area contributed by atoms with Crippen molar-refractivity contribution in [1.29, 1.82) is 0 Å². The second kappa shape index (κ2) is 2.65. The van der Waals surface area contributed by atoms with Gasteiger partial charge in [-0.05, 0) is 13.8 Å². The standard InChI is InChI=1S/C7H10O2/c1-4-5-6(8)7(2,3)9/h1,9H,5H2,2-3H3. The number of terminal acetylenes is 1. The number of carbonyl (C=O) groups is 1. The van der Waals surface area contributed by atoms with Crippen molar-refractivity contribution in [2.24, 2.45) is 0 Å². The molecule has 0 unspecified atom stereocenters. The lowest BCUT2D eigenvalue weighted by molar-refractivity contribution is -0.132. The first-order valence-electron chi connectivity index (χ1n) is 2.67. The zero-order valence-corrected chi connectivity index (χ0v) is 5.64. The van der Waals surface area contributed by atoms with Crippen LogP contribution < -0.4 is 0 Å². The van der Waals surface area contributed by atoms with Crippen LogP contribution in [0.3, 0.4) is 0 Å². The van der Waals surface area contributed by atoms with Gasteiger partial charge in [0, 0.05) is 0 Å². The van der Waals surface area contributed by atoms with Gasteiger partial charge >= 0.3 is 0 Å². The van der Waals surface area contributed by atoms with Gasteiger partial charge in [0.15, 0.2) is 5.78 Å².